The number of anilines is 1. The molecule has 2 aliphatic heterocycles. The standard InChI is InChI=1S/C46H36ClF2N5O6S2/c47-26-31-28-62(58)42-37(41(56)54(42)38(31)43(57)59-39(29-16-6-1-7-17-29)30-18-8-2-9-19-30)51-40(55)36(53-60-44(48)49)35-27-61-45(50-35)52-46(32-20-10-3-11-21-32,33-22-12-4-13-23-33)34-24-14-5-15-25-34/h1-25,27,37,39,42,44H,26,28H2,(H,50,52)(H,51,55)/t37?,42-,62?/m0/s1. The number of thiazole rings is 1. The predicted molar refractivity (Wildman–Crippen MR) is 233 cm³/mol. The minimum Gasteiger partial charge on any atom is -0.614 e. The molecule has 2 unspecified atom stereocenters. The lowest BCUT2D eigenvalue weighted by Gasteiger charge is -2.49. The number of fused-ring (bicyclic) bond motifs is 1. The molecule has 0 radical (unpaired) electrons. The highest BCUT2D eigenvalue weighted by molar-refractivity contribution is 7.92. The van der Waals surface area contributed by atoms with E-state index in [0.29, 0.717) is 16.3 Å². The second kappa shape index (κ2) is 18.7. The van der Waals surface area contributed by atoms with Crippen LogP contribution in [0, 0.1) is 0 Å². The van der Waals surface area contributed by atoms with E-state index in [4.69, 9.17) is 16.3 Å². The summed E-state index contributed by atoms with van der Waals surface area (Å²) in [6, 6.07) is 45.6. The third kappa shape index (κ3) is 8.44. The van der Waals surface area contributed by atoms with Crippen LogP contribution in [0.1, 0.15) is 39.6 Å². The molecule has 2 N–H and O–H groups in total. The number of amides is 2. The molecule has 0 aliphatic carbocycles. The van der Waals surface area contributed by atoms with E-state index in [1.165, 1.54) is 5.38 Å². The third-order valence-corrected chi connectivity index (χ3v) is 13.1. The van der Waals surface area contributed by atoms with Crippen LogP contribution in [0.25, 0.3) is 0 Å². The molecule has 8 rings (SSSR count). The van der Waals surface area contributed by atoms with Gasteiger partial charge in [-0.3, -0.25) is 14.5 Å². The number of ether oxygens (including phenoxy) is 1. The summed E-state index contributed by atoms with van der Waals surface area (Å²) in [4.78, 5) is 52.0. The van der Waals surface area contributed by atoms with Crippen molar-refractivity contribution < 1.29 is 37.3 Å². The van der Waals surface area contributed by atoms with Crippen LogP contribution < -0.4 is 10.6 Å². The highest BCUT2D eigenvalue weighted by Crippen LogP contribution is 2.42. The molecule has 6 aromatic rings. The smallest absolute Gasteiger partial charge is 0.407 e. The fourth-order valence-corrected chi connectivity index (χ4v) is 10.3. The van der Waals surface area contributed by atoms with Gasteiger partial charge in [-0.25, -0.2) is 9.78 Å². The average Bonchev–Trinajstić information content (AvgIpc) is 3.77. The molecule has 0 spiro atoms. The van der Waals surface area contributed by atoms with Gasteiger partial charge in [0, 0.05) is 11.0 Å². The second-order valence-electron chi connectivity index (χ2n) is 14.1. The number of halogens is 3. The summed E-state index contributed by atoms with van der Waals surface area (Å²) < 4.78 is 46.7. The zero-order chi connectivity index (χ0) is 43.2. The summed E-state index contributed by atoms with van der Waals surface area (Å²) in [7, 11) is 0. The minimum atomic E-state index is -3.40. The Morgan fingerprint density at radius 2 is 1.35 bits per heavy atom. The first kappa shape index (κ1) is 42.3. The van der Waals surface area contributed by atoms with Gasteiger partial charge in [-0.15, -0.1) is 22.9 Å². The molecule has 0 bridgehead atoms. The number of nitrogens with one attached hydrogen (secondary N) is 2. The molecule has 62 heavy (non-hydrogen) atoms. The zero-order valence-corrected chi connectivity index (χ0v) is 34.9. The first-order chi connectivity index (χ1) is 30.2. The maximum atomic E-state index is 14.1. The van der Waals surface area contributed by atoms with Crippen LogP contribution in [-0.2, 0) is 40.7 Å². The predicted octanol–water partition coefficient (Wildman–Crippen LogP) is 7.73. The van der Waals surface area contributed by atoms with Crippen LogP contribution in [0.15, 0.2) is 173 Å². The molecule has 3 heterocycles. The SMILES string of the molecule is O=C(NC1C(=O)N2C(C(=O)OC(c3ccccc3)c3ccccc3)=C(CCl)C[S+]([O-])[C@@H]12)C(=NOC(F)F)c1csc(NC(c2ccccc2)(c2ccccc2)c2ccccc2)n1. The molecule has 1 saturated heterocycles. The summed E-state index contributed by atoms with van der Waals surface area (Å²) in [5.41, 5.74) is 2.13. The minimum absolute atomic E-state index is 0.145. The number of esters is 1. The van der Waals surface area contributed by atoms with Crippen molar-refractivity contribution in [2.45, 2.75) is 29.7 Å². The van der Waals surface area contributed by atoms with Crippen LogP contribution in [0.5, 0.6) is 0 Å². The van der Waals surface area contributed by atoms with Gasteiger partial charge in [0.2, 0.25) is 5.37 Å². The van der Waals surface area contributed by atoms with Gasteiger partial charge in [-0.05, 0) is 39.0 Å². The first-order valence-corrected chi connectivity index (χ1v) is 22.0. The Labute approximate surface area is 367 Å². The number of rotatable bonds is 15. The number of aromatic nitrogens is 1. The number of oxime groups is 1. The number of benzene rings is 5. The van der Waals surface area contributed by atoms with Gasteiger partial charge in [0.15, 0.2) is 23.0 Å². The Balaban J connectivity index is 1.07. The molecule has 1 aromatic heterocycles. The van der Waals surface area contributed by atoms with Gasteiger partial charge in [0.1, 0.15) is 22.7 Å². The van der Waals surface area contributed by atoms with Crippen LogP contribution in [-0.4, -0.2) is 67.6 Å². The topological polar surface area (TPSA) is 145 Å². The summed E-state index contributed by atoms with van der Waals surface area (Å²) in [5, 5.41) is 10.0. The quantitative estimate of drug-likeness (QED) is 0.0203. The lowest BCUT2D eigenvalue weighted by atomic mass is 9.77. The lowest BCUT2D eigenvalue weighted by molar-refractivity contribution is -0.154. The van der Waals surface area contributed by atoms with Crippen molar-refractivity contribution in [3.8, 4) is 0 Å². The highest BCUT2D eigenvalue weighted by atomic mass is 35.5. The number of alkyl halides is 3. The Morgan fingerprint density at radius 3 is 1.84 bits per heavy atom. The zero-order valence-electron chi connectivity index (χ0n) is 32.5. The van der Waals surface area contributed by atoms with Crippen LogP contribution in [0.4, 0.5) is 13.9 Å². The van der Waals surface area contributed by atoms with Crippen molar-refractivity contribution >= 4 is 62.7 Å². The molecular weight excluding hydrogens is 856 g/mol. The summed E-state index contributed by atoms with van der Waals surface area (Å²) in [6.07, 6.45) is -0.865. The van der Waals surface area contributed by atoms with Gasteiger partial charge in [0.25, 0.3) is 11.8 Å². The van der Waals surface area contributed by atoms with E-state index in [9.17, 15) is 27.7 Å². The maximum absolute atomic E-state index is 14.1. The molecule has 1 fully saturated rings. The van der Waals surface area contributed by atoms with Crippen molar-refractivity contribution in [3.63, 3.8) is 0 Å². The normalized spacial score (nSPS) is 17.6. The summed E-state index contributed by atoms with van der Waals surface area (Å²) in [5.74, 6) is -3.21. The van der Waals surface area contributed by atoms with Crippen molar-refractivity contribution in [2.75, 3.05) is 16.9 Å². The molecule has 0 saturated carbocycles. The Kier molecular flexibility index (Phi) is 12.8. The highest BCUT2D eigenvalue weighted by Gasteiger charge is 2.61. The summed E-state index contributed by atoms with van der Waals surface area (Å²) >= 11 is 5.50. The monoisotopic (exact) mass is 891 g/mol. The van der Waals surface area contributed by atoms with Gasteiger partial charge in [-0.1, -0.05) is 157 Å². The van der Waals surface area contributed by atoms with E-state index >= 15 is 0 Å². The second-order valence-corrected chi connectivity index (χ2v) is 16.7. The number of β-lactam (4-membered cyclic amide) rings is 1. The number of nitrogens with zero attached hydrogens (tertiary/aromatic N) is 3. The van der Waals surface area contributed by atoms with E-state index in [2.05, 4.69) is 25.6 Å². The third-order valence-electron chi connectivity index (χ3n) is 10.4. The van der Waals surface area contributed by atoms with Gasteiger partial charge >= 0.3 is 12.6 Å². The van der Waals surface area contributed by atoms with Crippen LogP contribution in [0.3, 0.4) is 0 Å². The lowest BCUT2D eigenvalue weighted by Crippen LogP contribution is -2.75. The van der Waals surface area contributed by atoms with E-state index in [-0.39, 0.29) is 28.6 Å². The Morgan fingerprint density at radius 1 is 0.855 bits per heavy atom. The summed E-state index contributed by atoms with van der Waals surface area (Å²) in [6.45, 7) is -3.40. The number of hydrogen-bond donors (Lipinski definition) is 2. The maximum Gasteiger partial charge on any atom is 0.407 e. The van der Waals surface area contributed by atoms with Crippen molar-refractivity contribution in [1.82, 2.24) is 15.2 Å². The Bertz CT molecular complexity index is 2460. The van der Waals surface area contributed by atoms with Crippen LogP contribution >= 0.6 is 22.9 Å². The van der Waals surface area contributed by atoms with E-state index in [1.54, 1.807) is 48.5 Å². The first-order valence-electron chi connectivity index (χ1n) is 19.2. The molecule has 5 aromatic carbocycles. The van der Waals surface area contributed by atoms with Crippen molar-refractivity contribution in [1.29, 1.82) is 0 Å². The molecule has 3 atom stereocenters. The molecule has 11 nitrogen and oxygen atoms in total. The average molecular weight is 892 g/mol. The number of carbonyl (C=O) groups is 3. The molecule has 314 valence electrons. The fraction of sp³-hybridized carbons (Fsp3) is 0.152. The molecule has 2 aliphatic rings. The number of carbonyl (C=O) groups excluding carboxylic acids is 3. The fourth-order valence-electron chi connectivity index (χ4n) is 7.58. The van der Waals surface area contributed by atoms with E-state index in [1.807, 2.05) is 103 Å². The van der Waals surface area contributed by atoms with Crippen molar-refractivity contribution in [2.24, 2.45) is 5.16 Å². The van der Waals surface area contributed by atoms with Crippen LogP contribution in [0.2, 0.25) is 0 Å². The van der Waals surface area contributed by atoms with E-state index < -0.39 is 64.3 Å². The largest absolute Gasteiger partial charge is 0.614 e. The van der Waals surface area contributed by atoms with E-state index in [0.717, 1.165) is 32.9 Å². The number of hydrogen-bond acceptors (Lipinski definition) is 10. The molecule has 2 amide bonds. The van der Waals surface area contributed by atoms with Gasteiger partial charge < -0.3 is 24.8 Å². The van der Waals surface area contributed by atoms with Gasteiger partial charge in [0.05, 0.1) is 5.88 Å². The van der Waals surface area contributed by atoms with Crippen molar-refractivity contribution in [3.05, 3.63) is 202 Å². The van der Waals surface area contributed by atoms with Gasteiger partial charge in [-0.2, -0.15) is 8.78 Å². The molecule has 16 heteroatoms. The molecular formula is C46H36ClF2N5O6S2. The Hall–Kier alpha value is -6.39.